The fraction of sp³-hybridized carbons (Fsp3) is 1.00. The minimum Gasteiger partial charge on any atom is -0.394 e. The Hall–Kier alpha value is -0.160. The summed E-state index contributed by atoms with van der Waals surface area (Å²) in [5.74, 6) is 0. The van der Waals surface area contributed by atoms with Crippen LogP contribution in [0.3, 0.4) is 0 Å². The highest BCUT2D eigenvalue weighted by Gasteiger charge is 1.96. The van der Waals surface area contributed by atoms with Crippen LogP contribution in [0.4, 0.5) is 0 Å². The van der Waals surface area contributed by atoms with E-state index in [0.29, 0.717) is 13.2 Å². The standard InChI is InChI=1S/C8H19NO3/c1-9(3-6-11-2)4-7-12-8-5-10/h10H,3-8H2,1-2H3. The molecule has 0 heterocycles. The molecule has 0 aromatic rings. The quantitative estimate of drug-likeness (QED) is 0.511. The molecule has 0 aromatic carbocycles. The maximum absolute atomic E-state index is 8.41. The van der Waals surface area contributed by atoms with Gasteiger partial charge in [-0.1, -0.05) is 0 Å². The summed E-state index contributed by atoms with van der Waals surface area (Å²) in [6, 6.07) is 0. The molecule has 0 spiro atoms. The Kier molecular flexibility index (Phi) is 8.81. The van der Waals surface area contributed by atoms with Crippen molar-refractivity contribution in [1.29, 1.82) is 0 Å². The first-order valence-corrected chi connectivity index (χ1v) is 4.17. The van der Waals surface area contributed by atoms with E-state index in [1.54, 1.807) is 7.11 Å². The van der Waals surface area contributed by atoms with Gasteiger partial charge in [-0.25, -0.2) is 0 Å². The first-order chi connectivity index (χ1) is 5.81. The van der Waals surface area contributed by atoms with Gasteiger partial charge in [0, 0.05) is 20.2 Å². The van der Waals surface area contributed by atoms with E-state index >= 15 is 0 Å². The van der Waals surface area contributed by atoms with Crippen LogP contribution < -0.4 is 0 Å². The fourth-order valence-electron chi connectivity index (χ4n) is 0.746. The molecule has 12 heavy (non-hydrogen) atoms. The van der Waals surface area contributed by atoms with E-state index in [1.807, 2.05) is 7.05 Å². The van der Waals surface area contributed by atoms with Gasteiger partial charge in [-0.15, -0.1) is 0 Å². The van der Waals surface area contributed by atoms with Gasteiger partial charge in [0.15, 0.2) is 0 Å². The predicted octanol–water partition coefficient (Wildman–Crippen LogP) is -0.426. The fourth-order valence-corrected chi connectivity index (χ4v) is 0.746. The molecule has 0 unspecified atom stereocenters. The first kappa shape index (κ1) is 11.8. The minimum absolute atomic E-state index is 0.0990. The molecule has 0 aliphatic heterocycles. The van der Waals surface area contributed by atoms with Gasteiger partial charge in [0.05, 0.1) is 26.4 Å². The van der Waals surface area contributed by atoms with Gasteiger partial charge >= 0.3 is 0 Å². The maximum Gasteiger partial charge on any atom is 0.0698 e. The van der Waals surface area contributed by atoms with Crippen LogP contribution in [0.1, 0.15) is 0 Å². The van der Waals surface area contributed by atoms with Gasteiger partial charge in [-0.05, 0) is 7.05 Å². The van der Waals surface area contributed by atoms with Gasteiger partial charge < -0.3 is 19.5 Å². The molecule has 0 atom stereocenters. The lowest BCUT2D eigenvalue weighted by Gasteiger charge is -2.15. The van der Waals surface area contributed by atoms with Crippen LogP contribution in [-0.4, -0.2) is 63.7 Å². The zero-order valence-corrected chi connectivity index (χ0v) is 7.95. The molecule has 0 aromatic heterocycles. The lowest BCUT2D eigenvalue weighted by molar-refractivity contribution is 0.0724. The highest BCUT2D eigenvalue weighted by molar-refractivity contribution is 4.48. The number of ether oxygens (including phenoxy) is 2. The lowest BCUT2D eigenvalue weighted by Crippen LogP contribution is -2.27. The lowest BCUT2D eigenvalue weighted by atomic mass is 10.5. The van der Waals surface area contributed by atoms with Crippen LogP contribution in [0.5, 0.6) is 0 Å². The summed E-state index contributed by atoms with van der Waals surface area (Å²) in [5, 5.41) is 8.41. The number of hydrogen-bond donors (Lipinski definition) is 1. The smallest absolute Gasteiger partial charge is 0.0698 e. The molecule has 0 bridgehead atoms. The third kappa shape index (κ3) is 7.94. The molecule has 0 saturated heterocycles. The van der Waals surface area contributed by atoms with Crippen molar-refractivity contribution in [3.63, 3.8) is 0 Å². The molecule has 0 rings (SSSR count). The molecule has 0 fully saturated rings. The Morgan fingerprint density at radius 3 is 2.42 bits per heavy atom. The van der Waals surface area contributed by atoms with Gasteiger partial charge in [-0.3, -0.25) is 0 Å². The maximum atomic E-state index is 8.41. The first-order valence-electron chi connectivity index (χ1n) is 4.17. The van der Waals surface area contributed by atoms with Crippen molar-refractivity contribution in [3.8, 4) is 0 Å². The largest absolute Gasteiger partial charge is 0.394 e. The monoisotopic (exact) mass is 177 g/mol. The summed E-state index contributed by atoms with van der Waals surface area (Å²) in [5.41, 5.74) is 0. The molecule has 0 aliphatic carbocycles. The van der Waals surface area contributed by atoms with Gasteiger partial charge in [-0.2, -0.15) is 0 Å². The zero-order chi connectivity index (χ0) is 9.23. The zero-order valence-electron chi connectivity index (χ0n) is 7.95. The molecule has 0 saturated carbocycles. The van der Waals surface area contributed by atoms with E-state index in [-0.39, 0.29) is 6.61 Å². The van der Waals surface area contributed by atoms with Crippen molar-refractivity contribution >= 4 is 0 Å². The van der Waals surface area contributed by atoms with Gasteiger partial charge in [0.2, 0.25) is 0 Å². The Balaban J connectivity index is 3.02. The third-order valence-electron chi connectivity index (χ3n) is 1.53. The van der Waals surface area contributed by atoms with Crippen LogP contribution >= 0.6 is 0 Å². The van der Waals surface area contributed by atoms with E-state index < -0.39 is 0 Å². The summed E-state index contributed by atoms with van der Waals surface area (Å²) in [7, 11) is 3.71. The van der Waals surface area contributed by atoms with E-state index in [2.05, 4.69) is 4.90 Å². The Morgan fingerprint density at radius 2 is 1.83 bits per heavy atom. The average molecular weight is 177 g/mol. The predicted molar refractivity (Wildman–Crippen MR) is 47.3 cm³/mol. The Bertz CT molecular complexity index is 90.4. The van der Waals surface area contributed by atoms with Crippen molar-refractivity contribution in [2.75, 3.05) is 53.7 Å². The van der Waals surface area contributed by atoms with E-state index in [4.69, 9.17) is 14.6 Å². The van der Waals surface area contributed by atoms with E-state index in [9.17, 15) is 0 Å². The van der Waals surface area contributed by atoms with Gasteiger partial charge in [0.25, 0.3) is 0 Å². The normalized spacial score (nSPS) is 11.0. The number of aliphatic hydroxyl groups excluding tert-OH is 1. The summed E-state index contributed by atoms with van der Waals surface area (Å²) in [6.45, 7) is 3.74. The van der Waals surface area contributed by atoms with Gasteiger partial charge in [0.1, 0.15) is 0 Å². The highest BCUT2D eigenvalue weighted by Crippen LogP contribution is 1.83. The topological polar surface area (TPSA) is 41.9 Å². The summed E-state index contributed by atoms with van der Waals surface area (Å²) >= 11 is 0. The number of likely N-dealkylation sites (N-methyl/N-ethyl adjacent to an activating group) is 1. The van der Waals surface area contributed by atoms with Crippen molar-refractivity contribution in [1.82, 2.24) is 4.90 Å². The number of aliphatic hydroxyl groups is 1. The number of rotatable bonds is 8. The number of nitrogens with zero attached hydrogens (tertiary/aromatic N) is 1. The number of methoxy groups -OCH3 is 1. The van der Waals surface area contributed by atoms with Crippen LogP contribution in [0.25, 0.3) is 0 Å². The summed E-state index contributed by atoms with van der Waals surface area (Å²) in [4.78, 5) is 2.13. The molecule has 0 amide bonds. The van der Waals surface area contributed by atoms with Crippen molar-refractivity contribution < 1.29 is 14.6 Å². The van der Waals surface area contributed by atoms with Crippen LogP contribution in [0, 0.1) is 0 Å². The Labute approximate surface area is 74.1 Å². The molecule has 4 heteroatoms. The highest BCUT2D eigenvalue weighted by atomic mass is 16.5. The number of hydrogen-bond acceptors (Lipinski definition) is 4. The third-order valence-corrected chi connectivity index (χ3v) is 1.53. The average Bonchev–Trinajstić information content (AvgIpc) is 2.09. The van der Waals surface area contributed by atoms with Crippen molar-refractivity contribution in [2.24, 2.45) is 0 Å². The van der Waals surface area contributed by atoms with Crippen LogP contribution in [-0.2, 0) is 9.47 Å². The van der Waals surface area contributed by atoms with Crippen LogP contribution in [0.2, 0.25) is 0 Å². The molecular formula is C8H19NO3. The van der Waals surface area contributed by atoms with Crippen LogP contribution in [0.15, 0.2) is 0 Å². The molecule has 4 nitrogen and oxygen atoms in total. The molecular weight excluding hydrogens is 158 g/mol. The summed E-state index contributed by atoms with van der Waals surface area (Å²) < 4.78 is 10.0. The second-order valence-corrected chi connectivity index (χ2v) is 2.63. The van der Waals surface area contributed by atoms with Crippen molar-refractivity contribution in [2.45, 2.75) is 0 Å². The molecule has 74 valence electrons. The minimum atomic E-state index is 0.0990. The molecule has 0 radical (unpaired) electrons. The second-order valence-electron chi connectivity index (χ2n) is 2.63. The second kappa shape index (κ2) is 8.93. The van der Waals surface area contributed by atoms with E-state index in [0.717, 1.165) is 19.7 Å². The molecule has 1 N–H and O–H groups in total. The van der Waals surface area contributed by atoms with Crippen molar-refractivity contribution in [3.05, 3.63) is 0 Å². The SMILES string of the molecule is COCCN(C)CCOCCO. The molecule has 0 aliphatic rings. The summed E-state index contributed by atoms with van der Waals surface area (Å²) in [6.07, 6.45) is 0. The Morgan fingerprint density at radius 1 is 1.17 bits per heavy atom. The van der Waals surface area contributed by atoms with E-state index in [1.165, 1.54) is 0 Å².